The van der Waals surface area contributed by atoms with Crippen LogP contribution < -0.4 is 11.1 Å². The highest BCUT2D eigenvalue weighted by Crippen LogP contribution is 2.25. The monoisotopic (exact) mass is 433 g/mol. The summed E-state index contributed by atoms with van der Waals surface area (Å²) >= 11 is 11.9. The van der Waals surface area contributed by atoms with Gasteiger partial charge in [-0.15, -0.1) is 0 Å². The molecule has 0 bridgehead atoms. The molecular formula is C21H21Cl2N3O3. The molecule has 2 aromatic rings. The summed E-state index contributed by atoms with van der Waals surface area (Å²) in [6.07, 6.45) is 1.60. The number of carbonyl (C=O) groups excluding carboxylic acids is 3. The highest BCUT2D eigenvalue weighted by Gasteiger charge is 2.29. The van der Waals surface area contributed by atoms with E-state index in [1.54, 1.807) is 47.4 Å². The van der Waals surface area contributed by atoms with Gasteiger partial charge in [-0.1, -0.05) is 35.3 Å². The molecule has 6 nitrogen and oxygen atoms in total. The molecule has 152 valence electrons. The number of nitrogens with two attached hydrogens (primary N) is 1. The molecule has 8 heteroatoms. The molecule has 3 rings (SSSR count). The first-order valence-electron chi connectivity index (χ1n) is 9.26. The summed E-state index contributed by atoms with van der Waals surface area (Å²) in [6, 6.07) is 11.7. The van der Waals surface area contributed by atoms with Crippen molar-refractivity contribution in [3.63, 3.8) is 0 Å². The van der Waals surface area contributed by atoms with Crippen molar-refractivity contribution < 1.29 is 14.4 Å². The third-order valence-corrected chi connectivity index (χ3v) is 5.58. The van der Waals surface area contributed by atoms with Crippen LogP contribution in [0.2, 0.25) is 10.0 Å². The maximum Gasteiger partial charge on any atom is 0.253 e. The smallest absolute Gasteiger partial charge is 0.253 e. The summed E-state index contributed by atoms with van der Waals surface area (Å²) in [6.45, 7) is 0.926. The Hall–Kier alpha value is -2.57. The molecule has 1 aliphatic heterocycles. The SMILES string of the molecule is NC(=O)Cc1ccc(NC(=O)C2CCCN(C(=O)c3ccc(Cl)c(Cl)c3)C2)cc1. The zero-order chi connectivity index (χ0) is 21.0. The van der Waals surface area contributed by atoms with E-state index in [1.807, 2.05) is 0 Å². The van der Waals surface area contributed by atoms with Crippen molar-refractivity contribution in [3.05, 3.63) is 63.6 Å². The Morgan fingerprint density at radius 2 is 1.79 bits per heavy atom. The fourth-order valence-corrected chi connectivity index (χ4v) is 3.64. The predicted octanol–water partition coefficient (Wildman–Crippen LogP) is 3.51. The number of piperidine rings is 1. The molecule has 2 aromatic carbocycles. The molecule has 0 spiro atoms. The number of primary amides is 1. The molecule has 29 heavy (non-hydrogen) atoms. The van der Waals surface area contributed by atoms with E-state index in [-0.39, 0.29) is 24.2 Å². The standard InChI is InChI=1S/C21H21Cl2N3O3/c22-17-8-5-14(11-18(17)23)21(29)26-9-1-2-15(12-26)20(28)25-16-6-3-13(4-7-16)10-19(24)27/h3-8,11,15H,1-2,9-10,12H2,(H2,24,27)(H,25,28). The fraction of sp³-hybridized carbons (Fsp3) is 0.286. The average molecular weight is 434 g/mol. The summed E-state index contributed by atoms with van der Waals surface area (Å²) in [7, 11) is 0. The normalized spacial score (nSPS) is 16.3. The molecular weight excluding hydrogens is 413 g/mol. The highest BCUT2D eigenvalue weighted by molar-refractivity contribution is 6.42. The van der Waals surface area contributed by atoms with E-state index in [4.69, 9.17) is 28.9 Å². The second kappa shape index (κ2) is 9.29. The van der Waals surface area contributed by atoms with Gasteiger partial charge in [0.25, 0.3) is 5.91 Å². The quantitative estimate of drug-likeness (QED) is 0.755. The Bertz CT molecular complexity index is 931. The first-order valence-corrected chi connectivity index (χ1v) is 10.0. The number of benzene rings is 2. The van der Waals surface area contributed by atoms with Crippen molar-refractivity contribution in [2.24, 2.45) is 11.7 Å². The van der Waals surface area contributed by atoms with Crippen LogP contribution in [0.5, 0.6) is 0 Å². The van der Waals surface area contributed by atoms with Crippen LogP contribution in [-0.2, 0) is 16.0 Å². The number of hydrogen-bond acceptors (Lipinski definition) is 3. The first-order chi connectivity index (χ1) is 13.8. The van der Waals surface area contributed by atoms with Crippen LogP contribution in [0, 0.1) is 5.92 Å². The van der Waals surface area contributed by atoms with Gasteiger partial charge in [-0.25, -0.2) is 0 Å². The predicted molar refractivity (Wildman–Crippen MR) is 113 cm³/mol. The number of amides is 3. The lowest BCUT2D eigenvalue weighted by atomic mass is 9.96. The molecule has 0 aromatic heterocycles. The zero-order valence-corrected chi connectivity index (χ0v) is 17.2. The number of nitrogens with zero attached hydrogens (tertiary/aromatic N) is 1. The van der Waals surface area contributed by atoms with Crippen molar-refractivity contribution in [1.82, 2.24) is 4.90 Å². The van der Waals surface area contributed by atoms with E-state index < -0.39 is 5.91 Å². The number of halogens is 2. The summed E-state index contributed by atoms with van der Waals surface area (Å²) in [5.74, 6) is -1.02. The van der Waals surface area contributed by atoms with E-state index in [1.165, 1.54) is 0 Å². The van der Waals surface area contributed by atoms with Crippen molar-refractivity contribution >= 4 is 46.6 Å². The molecule has 1 heterocycles. The highest BCUT2D eigenvalue weighted by atomic mass is 35.5. The van der Waals surface area contributed by atoms with Gasteiger partial charge in [0.2, 0.25) is 11.8 Å². The van der Waals surface area contributed by atoms with Gasteiger partial charge in [-0.3, -0.25) is 14.4 Å². The van der Waals surface area contributed by atoms with Crippen LogP contribution in [0.3, 0.4) is 0 Å². The summed E-state index contributed by atoms with van der Waals surface area (Å²) in [5.41, 5.74) is 7.05. The molecule has 3 amide bonds. The molecule has 0 aliphatic carbocycles. The Kier molecular flexibility index (Phi) is 6.77. The van der Waals surface area contributed by atoms with E-state index in [9.17, 15) is 14.4 Å². The topological polar surface area (TPSA) is 92.5 Å². The third-order valence-electron chi connectivity index (χ3n) is 4.85. The van der Waals surface area contributed by atoms with Crippen LogP contribution in [0.4, 0.5) is 5.69 Å². The fourth-order valence-electron chi connectivity index (χ4n) is 3.34. The largest absolute Gasteiger partial charge is 0.369 e. The molecule has 0 radical (unpaired) electrons. The van der Waals surface area contributed by atoms with Gasteiger partial charge in [0.1, 0.15) is 0 Å². The van der Waals surface area contributed by atoms with E-state index >= 15 is 0 Å². The van der Waals surface area contributed by atoms with Gasteiger partial charge in [-0.05, 0) is 48.7 Å². The van der Waals surface area contributed by atoms with Crippen molar-refractivity contribution in [3.8, 4) is 0 Å². The molecule has 1 atom stereocenters. The number of rotatable bonds is 5. The molecule has 1 aliphatic rings. The zero-order valence-electron chi connectivity index (χ0n) is 15.7. The minimum Gasteiger partial charge on any atom is -0.369 e. The van der Waals surface area contributed by atoms with Crippen LogP contribution in [0.25, 0.3) is 0 Å². The second-order valence-corrected chi connectivity index (χ2v) is 7.86. The maximum absolute atomic E-state index is 12.8. The van der Waals surface area contributed by atoms with Crippen molar-refractivity contribution in [2.45, 2.75) is 19.3 Å². The van der Waals surface area contributed by atoms with E-state index in [0.717, 1.165) is 12.0 Å². The lowest BCUT2D eigenvalue weighted by molar-refractivity contribution is -0.121. The Balaban J connectivity index is 1.62. The van der Waals surface area contributed by atoms with Crippen molar-refractivity contribution in [2.75, 3.05) is 18.4 Å². The van der Waals surface area contributed by atoms with Gasteiger partial charge in [0.15, 0.2) is 0 Å². The van der Waals surface area contributed by atoms with Crippen LogP contribution in [0.15, 0.2) is 42.5 Å². The number of likely N-dealkylation sites (tertiary alicyclic amines) is 1. The van der Waals surface area contributed by atoms with E-state index in [0.29, 0.717) is 40.8 Å². The van der Waals surface area contributed by atoms with Gasteiger partial charge in [0.05, 0.1) is 22.4 Å². The lowest BCUT2D eigenvalue weighted by Gasteiger charge is -2.32. The second-order valence-electron chi connectivity index (χ2n) is 7.05. The van der Waals surface area contributed by atoms with Crippen LogP contribution in [0.1, 0.15) is 28.8 Å². The maximum atomic E-state index is 12.8. The number of nitrogens with one attached hydrogen (secondary N) is 1. The molecule has 1 fully saturated rings. The summed E-state index contributed by atoms with van der Waals surface area (Å²) in [4.78, 5) is 38.1. The van der Waals surface area contributed by atoms with Gasteiger partial charge >= 0.3 is 0 Å². The van der Waals surface area contributed by atoms with Crippen LogP contribution in [-0.4, -0.2) is 35.7 Å². The Morgan fingerprint density at radius 3 is 2.45 bits per heavy atom. The van der Waals surface area contributed by atoms with Crippen LogP contribution >= 0.6 is 23.2 Å². The van der Waals surface area contributed by atoms with Gasteiger partial charge in [-0.2, -0.15) is 0 Å². The molecule has 1 saturated heterocycles. The summed E-state index contributed by atoms with van der Waals surface area (Å²) < 4.78 is 0. The average Bonchev–Trinajstić information content (AvgIpc) is 2.70. The molecule has 3 N–H and O–H groups in total. The Labute approximate surface area is 179 Å². The number of hydrogen-bond donors (Lipinski definition) is 2. The van der Waals surface area contributed by atoms with E-state index in [2.05, 4.69) is 5.32 Å². The Morgan fingerprint density at radius 1 is 1.07 bits per heavy atom. The number of anilines is 1. The number of carbonyl (C=O) groups is 3. The first kappa shape index (κ1) is 21.1. The van der Waals surface area contributed by atoms with Gasteiger partial charge in [0, 0.05) is 24.3 Å². The lowest BCUT2D eigenvalue weighted by Crippen LogP contribution is -2.43. The van der Waals surface area contributed by atoms with Crippen molar-refractivity contribution in [1.29, 1.82) is 0 Å². The van der Waals surface area contributed by atoms with Gasteiger partial charge < -0.3 is 16.0 Å². The third kappa shape index (κ3) is 5.49. The minimum absolute atomic E-state index is 0.140. The summed E-state index contributed by atoms with van der Waals surface area (Å²) in [5, 5.41) is 3.59. The molecule has 1 unspecified atom stereocenters. The molecule has 0 saturated carbocycles. The minimum atomic E-state index is -0.407.